The van der Waals surface area contributed by atoms with E-state index >= 15 is 0 Å². The zero-order valence-corrected chi connectivity index (χ0v) is 18.1. The van der Waals surface area contributed by atoms with Gasteiger partial charge in [-0.3, -0.25) is 4.90 Å². The van der Waals surface area contributed by atoms with E-state index in [9.17, 15) is 8.42 Å². The van der Waals surface area contributed by atoms with Gasteiger partial charge >= 0.3 is 0 Å². The van der Waals surface area contributed by atoms with Crippen molar-refractivity contribution in [2.24, 2.45) is 0 Å². The van der Waals surface area contributed by atoms with Crippen LogP contribution in [0.2, 0.25) is 0 Å². The number of hydrogen-bond acceptors (Lipinski definition) is 5. The molecule has 29 heavy (non-hydrogen) atoms. The SMILES string of the molecule is Cc1ccc(-c2nc(CN3CCCN(S(=O)(=O)N4CCCC4)CC3)c(C)o2)cc1. The Balaban J connectivity index is 1.41. The van der Waals surface area contributed by atoms with Crippen LogP contribution in [0, 0.1) is 13.8 Å². The second-order valence-electron chi connectivity index (χ2n) is 8.03. The van der Waals surface area contributed by atoms with Gasteiger partial charge in [-0.15, -0.1) is 0 Å². The lowest BCUT2D eigenvalue weighted by molar-refractivity contribution is 0.272. The molecule has 0 N–H and O–H groups in total. The molecule has 0 unspecified atom stereocenters. The molecule has 0 amide bonds. The van der Waals surface area contributed by atoms with E-state index < -0.39 is 10.2 Å². The number of oxazole rings is 1. The number of hydrogen-bond donors (Lipinski definition) is 0. The first kappa shape index (κ1) is 20.5. The fraction of sp³-hybridized carbons (Fsp3) is 0.571. The number of rotatable bonds is 5. The summed E-state index contributed by atoms with van der Waals surface area (Å²) in [5, 5.41) is 0. The van der Waals surface area contributed by atoms with Crippen LogP contribution in [0.3, 0.4) is 0 Å². The fourth-order valence-corrected chi connectivity index (χ4v) is 5.74. The maximum Gasteiger partial charge on any atom is 0.282 e. The van der Waals surface area contributed by atoms with E-state index in [1.54, 1.807) is 8.61 Å². The maximum atomic E-state index is 12.8. The topological polar surface area (TPSA) is 69.9 Å². The molecule has 158 valence electrons. The Morgan fingerprint density at radius 1 is 0.897 bits per heavy atom. The van der Waals surface area contributed by atoms with Gasteiger partial charge in [0.2, 0.25) is 5.89 Å². The molecule has 1 aromatic carbocycles. The van der Waals surface area contributed by atoms with Gasteiger partial charge in [-0.2, -0.15) is 17.0 Å². The van der Waals surface area contributed by atoms with Gasteiger partial charge in [0.15, 0.2) is 0 Å². The van der Waals surface area contributed by atoms with Crippen molar-refractivity contribution in [1.82, 2.24) is 18.5 Å². The van der Waals surface area contributed by atoms with E-state index in [0.29, 0.717) is 45.2 Å². The van der Waals surface area contributed by atoms with Gasteiger partial charge in [-0.25, -0.2) is 4.98 Å². The summed E-state index contributed by atoms with van der Waals surface area (Å²) in [6, 6.07) is 8.16. The molecule has 2 fully saturated rings. The van der Waals surface area contributed by atoms with E-state index in [0.717, 1.165) is 42.8 Å². The third-order valence-electron chi connectivity index (χ3n) is 5.83. The van der Waals surface area contributed by atoms with Crippen molar-refractivity contribution in [3.8, 4) is 11.5 Å². The Labute approximate surface area is 173 Å². The highest BCUT2D eigenvalue weighted by Gasteiger charge is 2.32. The molecule has 1 aromatic heterocycles. The quantitative estimate of drug-likeness (QED) is 0.747. The van der Waals surface area contributed by atoms with Gasteiger partial charge in [0.25, 0.3) is 10.2 Å². The third kappa shape index (κ3) is 4.55. The summed E-state index contributed by atoms with van der Waals surface area (Å²) < 4.78 is 34.9. The van der Waals surface area contributed by atoms with Crippen LogP contribution in [-0.2, 0) is 16.8 Å². The molecule has 0 aliphatic carbocycles. The number of aromatic nitrogens is 1. The van der Waals surface area contributed by atoms with Crippen LogP contribution in [-0.4, -0.2) is 66.2 Å². The molecule has 0 bridgehead atoms. The monoisotopic (exact) mass is 418 g/mol. The number of benzene rings is 1. The van der Waals surface area contributed by atoms with Crippen molar-refractivity contribution in [3.63, 3.8) is 0 Å². The minimum absolute atomic E-state index is 0.528. The average Bonchev–Trinajstić information content (AvgIpc) is 3.29. The Kier molecular flexibility index (Phi) is 6.06. The molecule has 2 aromatic rings. The van der Waals surface area contributed by atoms with Crippen LogP contribution >= 0.6 is 0 Å². The smallest absolute Gasteiger partial charge is 0.282 e. The van der Waals surface area contributed by atoms with Gasteiger partial charge in [-0.05, 0) is 51.8 Å². The summed E-state index contributed by atoms with van der Waals surface area (Å²) in [6.45, 7) is 8.67. The lowest BCUT2D eigenvalue weighted by atomic mass is 10.1. The maximum absolute atomic E-state index is 12.8. The molecular formula is C21H30N4O3S. The van der Waals surface area contributed by atoms with E-state index in [4.69, 9.17) is 9.40 Å². The molecule has 0 radical (unpaired) electrons. The second kappa shape index (κ2) is 8.55. The minimum Gasteiger partial charge on any atom is -0.441 e. The Bertz CT molecular complexity index is 933. The van der Waals surface area contributed by atoms with Crippen LogP contribution in [0.4, 0.5) is 0 Å². The predicted molar refractivity (Wildman–Crippen MR) is 113 cm³/mol. The van der Waals surface area contributed by atoms with Crippen LogP contribution in [0.1, 0.15) is 36.3 Å². The Morgan fingerprint density at radius 3 is 2.28 bits per heavy atom. The minimum atomic E-state index is -3.32. The molecule has 0 spiro atoms. The van der Waals surface area contributed by atoms with Crippen LogP contribution in [0.5, 0.6) is 0 Å². The molecule has 4 rings (SSSR count). The van der Waals surface area contributed by atoms with Crippen molar-refractivity contribution < 1.29 is 12.8 Å². The zero-order chi connectivity index (χ0) is 20.4. The summed E-state index contributed by atoms with van der Waals surface area (Å²) in [7, 11) is -3.32. The molecule has 0 saturated carbocycles. The summed E-state index contributed by atoms with van der Waals surface area (Å²) in [5.74, 6) is 1.47. The highest BCUT2D eigenvalue weighted by Crippen LogP contribution is 2.24. The molecule has 0 atom stereocenters. The lowest BCUT2D eigenvalue weighted by Crippen LogP contribution is -2.44. The van der Waals surface area contributed by atoms with Gasteiger partial charge in [0, 0.05) is 44.8 Å². The Morgan fingerprint density at radius 2 is 1.55 bits per heavy atom. The van der Waals surface area contributed by atoms with Gasteiger partial charge in [-0.1, -0.05) is 17.7 Å². The summed E-state index contributed by atoms with van der Waals surface area (Å²) in [5.41, 5.74) is 3.11. The van der Waals surface area contributed by atoms with Gasteiger partial charge in [0.05, 0.1) is 5.69 Å². The first-order valence-corrected chi connectivity index (χ1v) is 11.8. The molecule has 3 heterocycles. The van der Waals surface area contributed by atoms with Crippen molar-refractivity contribution in [1.29, 1.82) is 0 Å². The molecular weight excluding hydrogens is 388 g/mol. The second-order valence-corrected chi connectivity index (χ2v) is 9.96. The van der Waals surface area contributed by atoms with E-state index in [2.05, 4.69) is 24.0 Å². The molecule has 2 saturated heterocycles. The molecule has 2 aliphatic heterocycles. The summed E-state index contributed by atoms with van der Waals surface area (Å²) in [4.78, 5) is 7.00. The normalized spacial score (nSPS) is 20.2. The van der Waals surface area contributed by atoms with Gasteiger partial charge < -0.3 is 4.42 Å². The van der Waals surface area contributed by atoms with E-state index in [-0.39, 0.29) is 0 Å². The third-order valence-corrected chi connectivity index (χ3v) is 7.87. The standard InChI is InChI=1S/C21H30N4O3S/c1-17-6-8-19(9-7-17)21-22-20(18(2)28-21)16-23-10-5-13-25(15-14-23)29(26,27)24-11-3-4-12-24/h6-9H,3-5,10-16H2,1-2H3. The van der Waals surface area contributed by atoms with E-state index in [1.807, 2.05) is 19.1 Å². The Hall–Kier alpha value is -1.74. The molecule has 2 aliphatic rings. The predicted octanol–water partition coefficient (Wildman–Crippen LogP) is 2.81. The molecule has 8 heteroatoms. The largest absolute Gasteiger partial charge is 0.441 e. The van der Waals surface area contributed by atoms with Crippen LogP contribution in [0.25, 0.3) is 11.5 Å². The lowest BCUT2D eigenvalue weighted by Gasteiger charge is -2.26. The van der Waals surface area contributed by atoms with Gasteiger partial charge in [0.1, 0.15) is 5.76 Å². The fourth-order valence-electron chi connectivity index (χ4n) is 4.02. The molecule has 7 nitrogen and oxygen atoms in total. The average molecular weight is 419 g/mol. The highest BCUT2D eigenvalue weighted by atomic mass is 32.2. The highest BCUT2D eigenvalue weighted by molar-refractivity contribution is 7.86. The van der Waals surface area contributed by atoms with Crippen LogP contribution < -0.4 is 0 Å². The van der Waals surface area contributed by atoms with Crippen molar-refractivity contribution in [2.75, 3.05) is 39.3 Å². The summed E-state index contributed by atoms with van der Waals surface area (Å²) in [6.07, 6.45) is 2.76. The van der Waals surface area contributed by atoms with Crippen LogP contribution in [0.15, 0.2) is 28.7 Å². The first-order chi connectivity index (χ1) is 13.9. The van der Waals surface area contributed by atoms with Crippen molar-refractivity contribution in [2.45, 2.75) is 39.7 Å². The zero-order valence-electron chi connectivity index (χ0n) is 17.3. The first-order valence-electron chi connectivity index (χ1n) is 10.4. The number of nitrogens with zero attached hydrogens (tertiary/aromatic N) is 4. The van der Waals surface area contributed by atoms with Crippen molar-refractivity contribution >= 4 is 10.2 Å². The summed E-state index contributed by atoms with van der Waals surface area (Å²) >= 11 is 0. The van der Waals surface area contributed by atoms with E-state index in [1.165, 1.54) is 5.56 Å². The van der Waals surface area contributed by atoms with Crippen molar-refractivity contribution in [3.05, 3.63) is 41.3 Å². The number of aryl methyl sites for hydroxylation is 2.